The fourth-order valence-electron chi connectivity index (χ4n) is 2.28. The molecule has 0 saturated carbocycles. The van der Waals surface area contributed by atoms with Crippen molar-refractivity contribution in [1.29, 1.82) is 0 Å². The van der Waals surface area contributed by atoms with Crippen LogP contribution in [0, 0.1) is 12.8 Å². The third-order valence-electron chi connectivity index (χ3n) is 3.34. The minimum Gasteiger partial charge on any atom is -0.497 e. The zero-order valence-corrected chi connectivity index (χ0v) is 12.4. The van der Waals surface area contributed by atoms with E-state index in [4.69, 9.17) is 4.74 Å². The Bertz CT molecular complexity index is 360. The van der Waals surface area contributed by atoms with Crippen molar-refractivity contribution < 1.29 is 4.74 Å². The molecule has 0 bridgehead atoms. The standard InChI is InChI=1S/C16H27NO/c1-6-17-16(10-7-12(2)3)15-9-8-14(18-5)11-13(15)4/h8-9,11-12,16-17H,6-7,10H2,1-5H3. The molecule has 0 amide bonds. The Hall–Kier alpha value is -1.02. The van der Waals surface area contributed by atoms with Gasteiger partial charge in [-0.05, 0) is 55.5 Å². The maximum atomic E-state index is 5.27. The van der Waals surface area contributed by atoms with Gasteiger partial charge in [-0.15, -0.1) is 0 Å². The highest BCUT2D eigenvalue weighted by Gasteiger charge is 2.13. The van der Waals surface area contributed by atoms with E-state index < -0.39 is 0 Å². The summed E-state index contributed by atoms with van der Waals surface area (Å²) in [6.07, 6.45) is 2.45. The van der Waals surface area contributed by atoms with Gasteiger partial charge in [0, 0.05) is 6.04 Å². The van der Waals surface area contributed by atoms with Crippen LogP contribution in [-0.4, -0.2) is 13.7 Å². The lowest BCUT2D eigenvalue weighted by atomic mass is 9.94. The molecular formula is C16H27NO. The summed E-state index contributed by atoms with van der Waals surface area (Å²) in [5.41, 5.74) is 2.71. The molecule has 2 heteroatoms. The number of rotatable bonds is 7. The van der Waals surface area contributed by atoms with E-state index in [9.17, 15) is 0 Å². The topological polar surface area (TPSA) is 21.3 Å². The van der Waals surface area contributed by atoms with Crippen LogP contribution in [0.5, 0.6) is 5.75 Å². The number of benzene rings is 1. The summed E-state index contributed by atoms with van der Waals surface area (Å²) in [5, 5.41) is 3.59. The fourth-order valence-corrected chi connectivity index (χ4v) is 2.28. The zero-order chi connectivity index (χ0) is 13.5. The number of hydrogen-bond acceptors (Lipinski definition) is 2. The average molecular weight is 249 g/mol. The quantitative estimate of drug-likeness (QED) is 0.786. The highest BCUT2D eigenvalue weighted by molar-refractivity contribution is 5.36. The molecule has 1 unspecified atom stereocenters. The Morgan fingerprint density at radius 3 is 2.44 bits per heavy atom. The fraction of sp³-hybridized carbons (Fsp3) is 0.625. The van der Waals surface area contributed by atoms with Gasteiger partial charge >= 0.3 is 0 Å². The molecule has 1 rings (SSSR count). The van der Waals surface area contributed by atoms with E-state index in [0.29, 0.717) is 6.04 Å². The van der Waals surface area contributed by atoms with Crippen molar-refractivity contribution in [1.82, 2.24) is 5.32 Å². The Labute approximate surface area is 112 Å². The molecule has 0 heterocycles. The highest BCUT2D eigenvalue weighted by Crippen LogP contribution is 2.26. The number of hydrogen-bond donors (Lipinski definition) is 1. The summed E-state index contributed by atoms with van der Waals surface area (Å²) in [6, 6.07) is 6.84. The van der Waals surface area contributed by atoms with Crippen molar-refractivity contribution in [2.24, 2.45) is 5.92 Å². The molecule has 18 heavy (non-hydrogen) atoms. The summed E-state index contributed by atoms with van der Waals surface area (Å²) >= 11 is 0. The largest absolute Gasteiger partial charge is 0.497 e. The maximum Gasteiger partial charge on any atom is 0.119 e. The van der Waals surface area contributed by atoms with Crippen LogP contribution in [0.4, 0.5) is 0 Å². The van der Waals surface area contributed by atoms with Crippen molar-refractivity contribution in [3.8, 4) is 5.75 Å². The lowest BCUT2D eigenvalue weighted by molar-refractivity contribution is 0.412. The number of nitrogens with one attached hydrogen (secondary N) is 1. The molecule has 0 aliphatic rings. The second-order valence-corrected chi connectivity index (χ2v) is 5.30. The molecule has 0 fully saturated rings. The monoisotopic (exact) mass is 249 g/mol. The molecule has 2 nitrogen and oxygen atoms in total. The normalized spacial score (nSPS) is 12.8. The van der Waals surface area contributed by atoms with Crippen LogP contribution in [0.25, 0.3) is 0 Å². The molecule has 0 aliphatic heterocycles. The van der Waals surface area contributed by atoms with Gasteiger partial charge in [0.15, 0.2) is 0 Å². The Morgan fingerprint density at radius 1 is 1.22 bits per heavy atom. The van der Waals surface area contributed by atoms with E-state index in [1.807, 2.05) is 0 Å². The van der Waals surface area contributed by atoms with Crippen molar-refractivity contribution in [3.63, 3.8) is 0 Å². The first kappa shape index (κ1) is 15.0. The number of methoxy groups -OCH3 is 1. The van der Waals surface area contributed by atoms with Gasteiger partial charge in [0.05, 0.1) is 7.11 Å². The van der Waals surface area contributed by atoms with Gasteiger partial charge < -0.3 is 10.1 Å². The van der Waals surface area contributed by atoms with Crippen LogP contribution in [-0.2, 0) is 0 Å². The first-order valence-electron chi connectivity index (χ1n) is 6.96. The smallest absolute Gasteiger partial charge is 0.119 e. The molecule has 0 aliphatic carbocycles. The van der Waals surface area contributed by atoms with Crippen LogP contribution in [0.2, 0.25) is 0 Å². The van der Waals surface area contributed by atoms with Crippen molar-refractivity contribution in [3.05, 3.63) is 29.3 Å². The Kier molecular flexibility index (Phi) is 6.20. The van der Waals surface area contributed by atoms with E-state index >= 15 is 0 Å². The molecule has 0 spiro atoms. The van der Waals surface area contributed by atoms with E-state index in [1.54, 1.807) is 7.11 Å². The lowest BCUT2D eigenvalue weighted by Gasteiger charge is -2.21. The molecule has 0 radical (unpaired) electrons. The highest BCUT2D eigenvalue weighted by atomic mass is 16.5. The molecule has 1 aromatic rings. The van der Waals surface area contributed by atoms with Crippen molar-refractivity contribution >= 4 is 0 Å². The molecule has 1 atom stereocenters. The predicted molar refractivity (Wildman–Crippen MR) is 78.2 cm³/mol. The minimum absolute atomic E-state index is 0.461. The second-order valence-electron chi connectivity index (χ2n) is 5.30. The van der Waals surface area contributed by atoms with Gasteiger partial charge in [-0.2, -0.15) is 0 Å². The first-order valence-corrected chi connectivity index (χ1v) is 6.96. The summed E-state index contributed by atoms with van der Waals surface area (Å²) in [6.45, 7) is 9.90. The van der Waals surface area contributed by atoms with Crippen molar-refractivity contribution in [2.75, 3.05) is 13.7 Å². The minimum atomic E-state index is 0.461. The van der Waals surface area contributed by atoms with Gasteiger partial charge in [0.2, 0.25) is 0 Å². The number of aryl methyl sites for hydroxylation is 1. The van der Waals surface area contributed by atoms with Gasteiger partial charge in [-0.3, -0.25) is 0 Å². The van der Waals surface area contributed by atoms with E-state index in [-0.39, 0.29) is 0 Å². The zero-order valence-electron chi connectivity index (χ0n) is 12.4. The predicted octanol–water partition coefficient (Wildman–Crippen LogP) is 4.09. The summed E-state index contributed by atoms with van der Waals surface area (Å²) < 4.78 is 5.27. The molecule has 0 saturated heterocycles. The summed E-state index contributed by atoms with van der Waals surface area (Å²) in [7, 11) is 1.72. The second kappa shape index (κ2) is 7.42. The van der Waals surface area contributed by atoms with Gasteiger partial charge in [0.25, 0.3) is 0 Å². The van der Waals surface area contributed by atoms with Crippen molar-refractivity contribution in [2.45, 2.75) is 46.6 Å². The third-order valence-corrected chi connectivity index (χ3v) is 3.34. The molecule has 1 aromatic carbocycles. The van der Waals surface area contributed by atoms with Gasteiger partial charge in [0.1, 0.15) is 5.75 Å². The van der Waals surface area contributed by atoms with Gasteiger partial charge in [-0.1, -0.05) is 26.8 Å². The first-order chi connectivity index (χ1) is 8.58. The average Bonchev–Trinajstić information content (AvgIpc) is 2.34. The van der Waals surface area contributed by atoms with Crippen LogP contribution in [0.15, 0.2) is 18.2 Å². The number of ether oxygens (including phenoxy) is 1. The molecule has 0 aromatic heterocycles. The van der Waals surface area contributed by atoms with Crippen LogP contribution >= 0.6 is 0 Å². The van der Waals surface area contributed by atoms with E-state index in [2.05, 4.69) is 51.2 Å². The summed E-state index contributed by atoms with van der Waals surface area (Å²) in [4.78, 5) is 0. The maximum absolute atomic E-state index is 5.27. The SMILES string of the molecule is CCNC(CCC(C)C)c1ccc(OC)cc1C. The molecular weight excluding hydrogens is 222 g/mol. The Morgan fingerprint density at radius 2 is 1.94 bits per heavy atom. The lowest BCUT2D eigenvalue weighted by Crippen LogP contribution is -2.22. The van der Waals surface area contributed by atoms with Gasteiger partial charge in [-0.25, -0.2) is 0 Å². The van der Waals surface area contributed by atoms with E-state index in [0.717, 1.165) is 18.2 Å². The van der Waals surface area contributed by atoms with Crippen LogP contribution < -0.4 is 10.1 Å². The Balaban J connectivity index is 2.84. The third kappa shape index (κ3) is 4.34. The summed E-state index contributed by atoms with van der Waals surface area (Å²) in [5.74, 6) is 1.69. The van der Waals surface area contributed by atoms with Crippen LogP contribution in [0.3, 0.4) is 0 Å². The van der Waals surface area contributed by atoms with Crippen LogP contribution in [0.1, 0.15) is 50.8 Å². The molecule has 1 N–H and O–H groups in total. The van der Waals surface area contributed by atoms with E-state index in [1.165, 1.54) is 24.0 Å². The molecule has 102 valence electrons.